The molecule has 1 N–H and O–H groups in total. The molecule has 0 radical (unpaired) electrons. The predicted molar refractivity (Wildman–Crippen MR) is 98.7 cm³/mol. The standard InChI is InChI=1S/C20H30N4O2/c1-15-21-10-17(11-22-15)19(26)24-9-6-20(18(13-24)14-25)4-7-23(8-5-20)12-16-2-3-16/h10-11,16,18,25H,2-9,12-14H2,1H3/t18-/m0/s1. The van der Waals surface area contributed by atoms with E-state index in [-0.39, 0.29) is 23.8 Å². The molecule has 3 fully saturated rings. The largest absolute Gasteiger partial charge is 0.396 e. The second kappa shape index (κ2) is 7.24. The number of nitrogens with zero attached hydrogens (tertiary/aromatic N) is 4. The SMILES string of the molecule is Cc1ncc(C(=O)N2CCC3(CCN(CC4CC4)CC3)[C@H](CO)C2)cn1. The maximum Gasteiger partial charge on any atom is 0.257 e. The first-order valence-electron chi connectivity index (χ1n) is 10.0. The van der Waals surface area contributed by atoms with Gasteiger partial charge in [-0.05, 0) is 63.5 Å². The summed E-state index contributed by atoms with van der Waals surface area (Å²) in [6, 6.07) is 0. The van der Waals surface area contributed by atoms with Crippen LogP contribution in [0, 0.1) is 24.2 Å². The highest BCUT2D eigenvalue weighted by molar-refractivity contribution is 5.93. The number of piperidine rings is 2. The van der Waals surface area contributed by atoms with E-state index < -0.39 is 0 Å². The molecular weight excluding hydrogens is 328 g/mol. The van der Waals surface area contributed by atoms with Crippen molar-refractivity contribution in [3.63, 3.8) is 0 Å². The van der Waals surface area contributed by atoms with Crippen LogP contribution in [0.5, 0.6) is 0 Å². The van der Waals surface area contributed by atoms with Crippen molar-refractivity contribution in [2.75, 3.05) is 39.3 Å². The number of aliphatic hydroxyl groups excluding tert-OH is 1. The summed E-state index contributed by atoms with van der Waals surface area (Å²) >= 11 is 0. The van der Waals surface area contributed by atoms with Gasteiger partial charge < -0.3 is 14.9 Å². The topological polar surface area (TPSA) is 69.6 Å². The zero-order valence-electron chi connectivity index (χ0n) is 15.7. The first-order chi connectivity index (χ1) is 12.6. The average molecular weight is 358 g/mol. The molecule has 1 aromatic heterocycles. The number of aromatic nitrogens is 2. The Morgan fingerprint density at radius 1 is 1.19 bits per heavy atom. The Hall–Kier alpha value is -1.53. The van der Waals surface area contributed by atoms with Gasteiger partial charge in [-0.2, -0.15) is 0 Å². The highest BCUT2D eigenvalue weighted by atomic mass is 16.3. The van der Waals surface area contributed by atoms with Crippen molar-refractivity contribution >= 4 is 5.91 Å². The highest BCUT2D eigenvalue weighted by Gasteiger charge is 2.45. The van der Waals surface area contributed by atoms with E-state index >= 15 is 0 Å². The molecule has 0 unspecified atom stereocenters. The molecule has 0 bridgehead atoms. The number of amides is 1. The highest BCUT2D eigenvalue weighted by Crippen LogP contribution is 2.45. The van der Waals surface area contributed by atoms with E-state index in [0.717, 1.165) is 44.8 Å². The van der Waals surface area contributed by atoms with E-state index in [1.807, 2.05) is 11.8 Å². The van der Waals surface area contributed by atoms with Gasteiger partial charge in [0.05, 0.1) is 5.56 Å². The Kier molecular flexibility index (Phi) is 4.97. The Balaban J connectivity index is 1.39. The lowest BCUT2D eigenvalue weighted by Crippen LogP contribution is -2.54. The first-order valence-corrected chi connectivity index (χ1v) is 10.0. The molecule has 0 aromatic carbocycles. The van der Waals surface area contributed by atoms with Crippen LogP contribution in [0.3, 0.4) is 0 Å². The third-order valence-corrected chi connectivity index (χ3v) is 6.79. The summed E-state index contributed by atoms with van der Waals surface area (Å²) in [5.74, 6) is 1.78. The Labute approximate surface area is 155 Å². The number of likely N-dealkylation sites (tertiary alicyclic amines) is 2. The molecule has 1 saturated carbocycles. The van der Waals surface area contributed by atoms with E-state index in [1.54, 1.807) is 12.4 Å². The predicted octanol–water partition coefficient (Wildman–Crippen LogP) is 1.73. The Morgan fingerprint density at radius 2 is 1.85 bits per heavy atom. The smallest absolute Gasteiger partial charge is 0.257 e. The summed E-state index contributed by atoms with van der Waals surface area (Å²) < 4.78 is 0. The normalized spacial score (nSPS) is 26.2. The summed E-state index contributed by atoms with van der Waals surface area (Å²) in [7, 11) is 0. The zero-order valence-corrected chi connectivity index (χ0v) is 15.7. The minimum absolute atomic E-state index is 0.00975. The van der Waals surface area contributed by atoms with E-state index in [4.69, 9.17) is 0 Å². The fourth-order valence-corrected chi connectivity index (χ4v) is 4.74. The van der Waals surface area contributed by atoms with Crippen molar-refractivity contribution in [2.24, 2.45) is 17.3 Å². The molecule has 2 aliphatic heterocycles. The van der Waals surface area contributed by atoms with Crippen molar-refractivity contribution in [3.8, 4) is 0 Å². The van der Waals surface area contributed by atoms with Crippen LogP contribution in [0.2, 0.25) is 0 Å². The van der Waals surface area contributed by atoms with Gasteiger partial charge in [0.1, 0.15) is 5.82 Å². The molecule has 1 aliphatic carbocycles. The molecular formula is C20H30N4O2. The van der Waals surface area contributed by atoms with Crippen molar-refractivity contribution in [1.82, 2.24) is 19.8 Å². The summed E-state index contributed by atoms with van der Waals surface area (Å²) in [5, 5.41) is 10.1. The lowest BCUT2D eigenvalue weighted by Gasteiger charge is -2.51. The molecule has 1 aromatic rings. The fourth-order valence-electron chi connectivity index (χ4n) is 4.74. The van der Waals surface area contributed by atoms with Crippen LogP contribution < -0.4 is 0 Å². The quantitative estimate of drug-likeness (QED) is 0.888. The minimum Gasteiger partial charge on any atom is -0.396 e. The van der Waals surface area contributed by atoms with Gasteiger partial charge in [0.15, 0.2) is 0 Å². The monoisotopic (exact) mass is 358 g/mol. The number of hydrogen-bond donors (Lipinski definition) is 1. The van der Waals surface area contributed by atoms with Gasteiger partial charge in [-0.3, -0.25) is 4.79 Å². The molecule has 1 amide bonds. The van der Waals surface area contributed by atoms with E-state index in [2.05, 4.69) is 14.9 Å². The molecule has 3 aliphatic rings. The number of carbonyl (C=O) groups excluding carboxylic acids is 1. The number of carbonyl (C=O) groups is 1. The number of aryl methyl sites for hydroxylation is 1. The fraction of sp³-hybridized carbons (Fsp3) is 0.750. The lowest BCUT2D eigenvalue weighted by atomic mass is 9.64. The third-order valence-electron chi connectivity index (χ3n) is 6.79. The molecule has 142 valence electrons. The van der Waals surface area contributed by atoms with E-state index in [1.165, 1.54) is 19.4 Å². The van der Waals surface area contributed by atoms with Crippen LogP contribution >= 0.6 is 0 Å². The van der Waals surface area contributed by atoms with Crippen molar-refractivity contribution in [1.29, 1.82) is 0 Å². The molecule has 6 heteroatoms. The van der Waals surface area contributed by atoms with Crippen molar-refractivity contribution in [3.05, 3.63) is 23.8 Å². The van der Waals surface area contributed by atoms with Gasteiger partial charge in [0.2, 0.25) is 0 Å². The number of aliphatic hydroxyl groups is 1. The van der Waals surface area contributed by atoms with Gasteiger partial charge >= 0.3 is 0 Å². The van der Waals surface area contributed by atoms with Crippen LogP contribution in [-0.2, 0) is 0 Å². The minimum atomic E-state index is -0.00975. The van der Waals surface area contributed by atoms with Crippen molar-refractivity contribution in [2.45, 2.75) is 39.0 Å². The van der Waals surface area contributed by atoms with Crippen LogP contribution in [0.4, 0.5) is 0 Å². The molecule has 3 heterocycles. The molecule has 6 nitrogen and oxygen atoms in total. The third kappa shape index (κ3) is 3.62. The number of hydrogen-bond acceptors (Lipinski definition) is 5. The van der Waals surface area contributed by atoms with Gasteiger partial charge in [-0.15, -0.1) is 0 Å². The summed E-state index contributed by atoms with van der Waals surface area (Å²) in [6.45, 7) is 6.95. The maximum absolute atomic E-state index is 12.8. The van der Waals surface area contributed by atoms with E-state index in [9.17, 15) is 9.90 Å². The second-order valence-electron chi connectivity index (χ2n) is 8.51. The maximum atomic E-state index is 12.8. The molecule has 1 spiro atoms. The van der Waals surface area contributed by atoms with Crippen LogP contribution in [-0.4, -0.2) is 70.1 Å². The first kappa shape index (κ1) is 17.9. The van der Waals surface area contributed by atoms with Gasteiger partial charge in [-0.25, -0.2) is 9.97 Å². The number of rotatable bonds is 4. The van der Waals surface area contributed by atoms with Crippen molar-refractivity contribution < 1.29 is 9.90 Å². The zero-order chi connectivity index (χ0) is 18.1. The molecule has 2 saturated heterocycles. The van der Waals surface area contributed by atoms with Gasteiger partial charge in [0.25, 0.3) is 5.91 Å². The summed E-state index contributed by atoms with van der Waals surface area (Å²) in [4.78, 5) is 25.6. The van der Waals surface area contributed by atoms with Gasteiger partial charge in [0, 0.05) is 44.6 Å². The van der Waals surface area contributed by atoms with E-state index in [0.29, 0.717) is 17.9 Å². The summed E-state index contributed by atoms with van der Waals surface area (Å²) in [6.07, 6.45) is 9.33. The molecule has 4 rings (SSSR count). The summed E-state index contributed by atoms with van der Waals surface area (Å²) in [5.41, 5.74) is 0.748. The second-order valence-corrected chi connectivity index (χ2v) is 8.51. The van der Waals surface area contributed by atoms with Crippen LogP contribution in [0.25, 0.3) is 0 Å². The van der Waals surface area contributed by atoms with Gasteiger partial charge in [-0.1, -0.05) is 0 Å². The van der Waals surface area contributed by atoms with Crippen LogP contribution in [0.1, 0.15) is 48.3 Å². The Morgan fingerprint density at radius 3 is 2.46 bits per heavy atom. The lowest BCUT2D eigenvalue weighted by molar-refractivity contribution is -0.0357. The molecule has 1 atom stereocenters. The van der Waals surface area contributed by atoms with Crippen LogP contribution in [0.15, 0.2) is 12.4 Å². The molecule has 26 heavy (non-hydrogen) atoms. The Bertz CT molecular complexity index is 636. The average Bonchev–Trinajstić information content (AvgIpc) is 3.48.